The maximum Gasteiger partial charge on any atom is 0.341 e. The molecule has 0 spiro atoms. The lowest BCUT2D eigenvalue weighted by Crippen LogP contribution is -2.10. The standard InChI is InChI=1S/C16H20O5/c1-4-6-8-21-16(19)13-10-12(15(18)20-3)9-11(7-5-2)14(13)17/h5,9-10,17H,2,4,6-8H2,1,3H3. The number of carbonyl (C=O) groups excluding carboxylic acids is 2. The summed E-state index contributed by atoms with van der Waals surface area (Å²) in [5.74, 6) is -1.43. The van der Waals surface area contributed by atoms with Gasteiger partial charge in [-0.25, -0.2) is 9.59 Å². The quantitative estimate of drug-likeness (QED) is 0.475. The third kappa shape index (κ3) is 4.34. The molecular weight excluding hydrogens is 272 g/mol. The summed E-state index contributed by atoms with van der Waals surface area (Å²) in [5, 5.41) is 10.1. The summed E-state index contributed by atoms with van der Waals surface area (Å²) in [6, 6.07) is 2.76. The van der Waals surface area contributed by atoms with Crippen molar-refractivity contribution >= 4 is 11.9 Å². The largest absolute Gasteiger partial charge is 0.507 e. The summed E-state index contributed by atoms with van der Waals surface area (Å²) >= 11 is 0. The zero-order valence-corrected chi connectivity index (χ0v) is 12.3. The number of phenolic OH excluding ortho intramolecular Hbond substituents is 1. The lowest BCUT2D eigenvalue weighted by atomic mass is 10.0. The fraction of sp³-hybridized carbons (Fsp3) is 0.375. The van der Waals surface area contributed by atoms with Crippen molar-refractivity contribution in [2.75, 3.05) is 13.7 Å². The highest BCUT2D eigenvalue weighted by Gasteiger charge is 2.20. The first-order valence-corrected chi connectivity index (χ1v) is 6.77. The molecule has 0 saturated carbocycles. The van der Waals surface area contributed by atoms with Gasteiger partial charge in [0.05, 0.1) is 19.3 Å². The van der Waals surface area contributed by atoms with E-state index in [9.17, 15) is 14.7 Å². The summed E-state index contributed by atoms with van der Waals surface area (Å²) < 4.78 is 9.72. The Bertz CT molecular complexity index is 534. The molecule has 0 atom stereocenters. The van der Waals surface area contributed by atoms with Crippen LogP contribution in [0.25, 0.3) is 0 Å². The Labute approximate surface area is 124 Å². The molecule has 1 aromatic carbocycles. The Kier molecular flexibility index (Phi) is 6.46. The van der Waals surface area contributed by atoms with Crippen LogP contribution < -0.4 is 0 Å². The Balaban J connectivity index is 3.15. The van der Waals surface area contributed by atoms with Gasteiger partial charge in [0.15, 0.2) is 0 Å². The number of hydrogen-bond donors (Lipinski definition) is 1. The van der Waals surface area contributed by atoms with E-state index in [0.29, 0.717) is 12.0 Å². The number of aromatic hydroxyl groups is 1. The molecule has 1 rings (SSSR count). The summed E-state index contributed by atoms with van der Waals surface area (Å²) in [5.41, 5.74) is 0.579. The Hall–Kier alpha value is -2.30. The van der Waals surface area contributed by atoms with E-state index in [1.165, 1.54) is 19.2 Å². The van der Waals surface area contributed by atoms with Gasteiger partial charge in [-0.3, -0.25) is 0 Å². The smallest absolute Gasteiger partial charge is 0.341 e. The number of ether oxygens (including phenoxy) is 2. The number of carbonyl (C=O) groups is 2. The number of hydrogen-bond acceptors (Lipinski definition) is 5. The van der Waals surface area contributed by atoms with E-state index < -0.39 is 11.9 Å². The molecule has 5 nitrogen and oxygen atoms in total. The first-order chi connectivity index (χ1) is 10.0. The van der Waals surface area contributed by atoms with Crippen LogP contribution in [0.15, 0.2) is 24.8 Å². The Morgan fingerprint density at radius 1 is 1.33 bits per heavy atom. The maximum atomic E-state index is 12.0. The predicted molar refractivity (Wildman–Crippen MR) is 78.5 cm³/mol. The summed E-state index contributed by atoms with van der Waals surface area (Å²) in [7, 11) is 1.25. The number of rotatable bonds is 7. The first kappa shape index (κ1) is 16.8. The van der Waals surface area contributed by atoms with E-state index >= 15 is 0 Å². The molecule has 0 bridgehead atoms. The number of phenols is 1. The van der Waals surface area contributed by atoms with Gasteiger partial charge in [-0.2, -0.15) is 0 Å². The minimum atomic E-state index is -0.656. The van der Waals surface area contributed by atoms with Crippen LogP contribution in [0.1, 0.15) is 46.0 Å². The van der Waals surface area contributed by atoms with E-state index in [1.807, 2.05) is 6.92 Å². The molecule has 0 aliphatic rings. The monoisotopic (exact) mass is 292 g/mol. The fourth-order valence-corrected chi connectivity index (χ4v) is 1.78. The molecule has 0 aliphatic carbocycles. The highest BCUT2D eigenvalue weighted by molar-refractivity contribution is 5.98. The molecular formula is C16H20O5. The van der Waals surface area contributed by atoms with Gasteiger partial charge in [-0.15, -0.1) is 6.58 Å². The van der Waals surface area contributed by atoms with Crippen molar-refractivity contribution in [3.05, 3.63) is 41.5 Å². The van der Waals surface area contributed by atoms with Crippen molar-refractivity contribution in [2.24, 2.45) is 0 Å². The van der Waals surface area contributed by atoms with Crippen LogP contribution >= 0.6 is 0 Å². The van der Waals surface area contributed by atoms with Crippen LogP contribution in [0.5, 0.6) is 5.75 Å². The van der Waals surface area contributed by atoms with Crippen molar-refractivity contribution in [2.45, 2.75) is 26.2 Å². The number of benzene rings is 1. The fourth-order valence-electron chi connectivity index (χ4n) is 1.78. The van der Waals surface area contributed by atoms with Gasteiger partial charge in [0.2, 0.25) is 0 Å². The van der Waals surface area contributed by atoms with Gasteiger partial charge < -0.3 is 14.6 Å². The average molecular weight is 292 g/mol. The lowest BCUT2D eigenvalue weighted by molar-refractivity contribution is 0.0496. The van der Waals surface area contributed by atoms with Crippen LogP contribution in [0.2, 0.25) is 0 Å². The van der Waals surface area contributed by atoms with Crippen LogP contribution in [-0.4, -0.2) is 30.8 Å². The molecule has 0 fully saturated rings. The highest BCUT2D eigenvalue weighted by Crippen LogP contribution is 2.27. The van der Waals surface area contributed by atoms with Crippen LogP contribution in [0.3, 0.4) is 0 Å². The zero-order valence-electron chi connectivity index (χ0n) is 12.3. The molecule has 0 unspecified atom stereocenters. The number of allylic oxidation sites excluding steroid dienone is 1. The van der Waals surface area contributed by atoms with Gasteiger partial charge in [0.1, 0.15) is 11.3 Å². The van der Waals surface area contributed by atoms with Gasteiger partial charge in [-0.1, -0.05) is 19.4 Å². The van der Waals surface area contributed by atoms with Gasteiger partial charge in [0.25, 0.3) is 0 Å². The zero-order chi connectivity index (χ0) is 15.8. The molecule has 0 radical (unpaired) electrons. The SMILES string of the molecule is C=CCc1cc(C(=O)OC)cc(C(=O)OCCCC)c1O. The van der Waals surface area contributed by atoms with Crippen LogP contribution in [0, 0.1) is 0 Å². The molecule has 0 aliphatic heterocycles. The third-order valence-electron chi connectivity index (χ3n) is 2.93. The van der Waals surface area contributed by atoms with Crippen molar-refractivity contribution in [1.29, 1.82) is 0 Å². The molecule has 1 N–H and O–H groups in total. The molecule has 0 aromatic heterocycles. The van der Waals surface area contributed by atoms with Crippen LogP contribution in [0.4, 0.5) is 0 Å². The second-order valence-corrected chi connectivity index (χ2v) is 4.51. The van der Waals surface area contributed by atoms with Gasteiger partial charge in [0, 0.05) is 0 Å². The molecule has 21 heavy (non-hydrogen) atoms. The van der Waals surface area contributed by atoms with E-state index in [4.69, 9.17) is 4.74 Å². The number of unbranched alkanes of at least 4 members (excludes halogenated alkanes) is 1. The van der Waals surface area contributed by atoms with E-state index in [-0.39, 0.29) is 23.5 Å². The first-order valence-electron chi connectivity index (χ1n) is 6.77. The molecule has 0 amide bonds. The number of esters is 2. The average Bonchev–Trinajstić information content (AvgIpc) is 2.48. The topological polar surface area (TPSA) is 72.8 Å². The minimum Gasteiger partial charge on any atom is -0.507 e. The van der Waals surface area contributed by atoms with Crippen molar-refractivity contribution in [3.8, 4) is 5.75 Å². The van der Waals surface area contributed by atoms with Crippen molar-refractivity contribution in [3.63, 3.8) is 0 Å². The molecule has 0 saturated heterocycles. The van der Waals surface area contributed by atoms with Crippen LogP contribution in [-0.2, 0) is 15.9 Å². The second kappa shape index (κ2) is 8.09. The van der Waals surface area contributed by atoms with Crippen molar-refractivity contribution < 1.29 is 24.2 Å². The Morgan fingerprint density at radius 3 is 2.62 bits per heavy atom. The van der Waals surface area contributed by atoms with Gasteiger partial charge >= 0.3 is 11.9 Å². The second-order valence-electron chi connectivity index (χ2n) is 4.51. The summed E-state index contributed by atoms with van der Waals surface area (Å²) in [6.45, 7) is 5.83. The normalized spacial score (nSPS) is 10.0. The minimum absolute atomic E-state index is 0.0362. The summed E-state index contributed by atoms with van der Waals surface area (Å²) in [4.78, 5) is 23.6. The maximum absolute atomic E-state index is 12.0. The van der Waals surface area contributed by atoms with E-state index in [1.54, 1.807) is 6.08 Å². The van der Waals surface area contributed by atoms with E-state index in [0.717, 1.165) is 12.8 Å². The van der Waals surface area contributed by atoms with Crippen molar-refractivity contribution in [1.82, 2.24) is 0 Å². The Morgan fingerprint density at radius 2 is 2.05 bits per heavy atom. The summed E-state index contributed by atoms with van der Waals surface area (Å²) in [6.07, 6.45) is 3.53. The highest BCUT2D eigenvalue weighted by atomic mass is 16.5. The van der Waals surface area contributed by atoms with E-state index in [2.05, 4.69) is 11.3 Å². The third-order valence-corrected chi connectivity index (χ3v) is 2.93. The lowest BCUT2D eigenvalue weighted by Gasteiger charge is -2.11. The number of methoxy groups -OCH3 is 1. The molecule has 5 heteroatoms. The molecule has 114 valence electrons. The van der Waals surface area contributed by atoms with Gasteiger partial charge in [-0.05, 0) is 30.5 Å². The molecule has 1 aromatic rings. The predicted octanol–water partition coefficient (Wildman–Crippen LogP) is 2.86. The molecule has 0 heterocycles.